The van der Waals surface area contributed by atoms with Crippen LogP contribution in [0, 0.1) is 0 Å². The number of esters is 1. The Morgan fingerprint density at radius 1 is 1.07 bits per heavy atom. The predicted molar refractivity (Wildman–Crippen MR) is 89.3 cm³/mol. The van der Waals surface area contributed by atoms with Crippen LogP contribution < -0.4 is 0 Å². The van der Waals surface area contributed by atoms with E-state index in [1.54, 1.807) is 27.7 Å². The Hall–Kier alpha value is -1.36. The highest BCUT2D eigenvalue weighted by Crippen LogP contribution is 2.44. The van der Waals surface area contributed by atoms with Crippen LogP contribution in [-0.2, 0) is 38.0 Å². The van der Waals surface area contributed by atoms with Gasteiger partial charge >= 0.3 is 5.97 Å². The molecule has 3 aliphatic heterocycles. The summed E-state index contributed by atoms with van der Waals surface area (Å²) in [7, 11) is 0. The summed E-state index contributed by atoms with van der Waals surface area (Å²) in [6.07, 6.45) is -4.02. The quantitative estimate of drug-likeness (QED) is 0.513. The molecular weight excluding hydrogens is 360 g/mol. The van der Waals surface area contributed by atoms with Crippen LogP contribution >= 0.6 is 0 Å². The van der Waals surface area contributed by atoms with Crippen molar-refractivity contribution in [3.63, 3.8) is 0 Å². The topological polar surface area (TPSA) is 110 Å². The number of hydrogen-bond donors (Lipinski definition) is 1. The van der Waals surface area contributed by atoms with E-state index in [1.165, 1.54) is 0 Å². The number of carbonyl (C=O) groups is 2. The first-order chi connectivity index (χ1) is 12.5. The van der Waals surface area contributed by atoms with Gasteiger partial charge in [0.2, 0.25) is 0 Å². The van der Waals surface area contributed by atoms with Crippen molar-refractivity contribution in [3.8, 4) is 0 Å². The Bertz CT molecular complexity index is 614. The number of fused-ring (bicyclic) bond motifs is 3. The fraction of sp³-hybridized carbons (Fsp3) is 0.778. The second-order valence-corrected chi connectivity index (χ2v) is 7.75. The normalized spacial score (nSPS) is 37.1. The standard InChI is InChI=1S/C18H26O9/c1-6-9(19)7-10(20)8-22-15(21)13-11-12(25-17(2,3)24-11)14-16(23-13)27-18(4,5)26-14/h6,10-14,16,20H,1,7-8H2,2-5H3/t10?,11-,12+,13+,14-,16?/m1/s1. The number of ether oxygens (including phenoxy) is 6. The Labute approximate surface area is 157 Å². The van der Waals surface area contributed by atoms with Gasteiger partial charge in [-0.2, -0.15) is 0 Å². The van der Waals surface area contributed by atoms with Crippen molar-refractivity contribution in [2.24, 2.45) is 0 Å². The molecule has 3 fully saturated rings. The monoisotopic (exact) mass is 386 g/mol. The lowest BCUT2D eigenvalue weighted by Gasteiger charge is -2.35. The van der Waals surface area contributed by atoms with Crippen LogP contribution in [0.3, 0.4) is 0 Å². The van der Waals surface area contributed by atoms with Crippen LogP contribution in [0.2, 0.25) is 0 Å². The van der Waals surface area contributed by atoms with E-state index in [-0.39, 0.29) is 18.8 Å². The average molecular weight is 386 g/mol. The van der Waals surface area contributed by atoms with Crippen LogP contribution in [-0.4, -0.2) is 71.9 Å². The third-order valence-electron chi connectivity index (χ3n) is 4.47. The Kier molecular flexibility index (Phi) is 5.46. The lowest BCUT2D eigenvalue weighted by atomic mass is 9.99. The van der Waals surface area contributed by atoms with Crippen molar-refractivity contribution >= 4 is 11.8 Å². The van der Waals surface area contributed by atoms with E-state index in [4.69, 9.17) is 28.4 Å². The minimum Gasteiger partial charge on any atom is -0.461 e. The molecule has 27 heavy (non-hydrogen) atoms. The highest BCUT2D eigenvalue weighted by molar-refractivity contribution is 5.89. The molecule has 1 N–H and O–H groups in total. The number of carbonyl (C=O) groups excluding carboxylic acids is 2. The van der Waals surface area contributed by atoms with Crippen LogP contribution in [0.1, 0.15) is 34.1 Å². The molecule has 0 aliphatic carbocycles. The van der Waals surface area contributed by atoms with Gasteiger partial charge in [-0.25, -0.2) is 4.79 Å². The van der Waals surface area contributed by atoms with Gasteiger partial charge in [0.15, 0.2) is 29.8 Å². The van der Waals surface area contributed by atoms with Gasteiger partial charge in [0, 0.05) is 6.42 Å². The van der Waals surface area contributed by atoms with Gasteiger partial charge in [-0.05, 0) is 33.8 Å². The molecule has 0 bridgehead atoms. The SMILES string of the molecule is C=CC(=O)CC(O)COC(=O)[C@H]1OC2OC(C)(C)O[C@@H]2[C@H]2OC(C)(C)O[C@H]21. The van der Waals surface area contributed by atoms with Gasteiger partial charge in [-0.3, -0.25) is 4.79 Å². The Morgan fingerprint density at radius 3 is 2.33 bits per heavy atom. The smallest absolute Gasteiger partial charge is 0.338 e. The van der Waals surface area contributed by atoms with Crippen molar-refractivity contribution < 1.29 is 43.1 Å². The summed E-state index contributed by atoms with van der Waals surface area (Å²) < 4.78 is 34.2. The molecule has 0 amide bonds. The summed E-state index contributed by atoms with van der Waals surface area (Å²) in [5.41, 5.74) is 0. The minimum absolute atomic E-state index is 0.184. The lowest BCUT2D eigenvalue weighted by molar-refractivity contribution is -0.240. The second kappa shape index (κ2) is 7.23. The zero-order valence-electron chi connectivity index (χ0n) is 15.9. The summed E-state index contributed by atoms with van der Waals surface area (Å²) in [5.74, 6) is -2.90. The molecule has 0 aromatic rings. The summed E-state index contributed by atoms with van der Waals surface area (Å²) >= 11 is 0. The molecular formula is C18H26O9. The highest BCUT2D eigenvalue weighted by Gasteiger charge is 2.62. The predicted octanol–water partition coefficient (Wildman–Crippen LogP) is 0.432. The minimum atomic E-state index is -1.13. The van der Waals surface area contributed by atoms with E-state index in [0.29, 0.717) is 0 Å². The number of ketones is 1. The van der Waals surface area contributed by atoms with Crippen LogP contribution in [0.15, 0.2) is 12.7 Å². The molecule has 3 heterocycles. The molecule has 9 nitrogen and oxygen atoms in total. The van der Waals surface area contributed by atoms with E-state index in [2.05, 4.69) is 6.58 Å². The first-order valence-corrected chi connectivity index (χ1v) is 8.88. The zero-order chi connectivity index (χ0) is 20.0. The fourth-order valence-electron chi connectivity index (χ4n) is 3.44. The summed E-state index contributed by atoms with van der Waals surface area (Å²) in [6, 6.07) is 0. The molecule has 0 aromatic heterocycles. The van der Waals surface area contributed by atoms with Gasteiger partial charge in [-0.15, -0.1) is 0 Å². The maximum absolute atomic E-state index is 12.6. The van der Waals surface area contributed by atoms with Crippen molar-refractivity contribution in [2.45, 2.75) is 82.5 Å². The summed E-state index contributed by atoms with van der Waals surface area (Å²) in [5, 5.41) is 9.80. The number of aliphatic hydroxyl groups is 1. The molecule has 0 radical (unpaired) electrons. The maximum atomic E-state index is 12.6. The number of allylic oxidation sites excluding steroid dienone is 1. The van der Waals surface area contributed by atoms with Crippen molar-refractivity contribution in [2.75, 3.05) is 6.61 Å². The van der Waals surface area contributed by atoms with Crippen LogP contribution in [0.4, 0.5) is 0 Å². The van der Waals surface area contributed by atoms with Gasteiger partial charge in [-0.1, -0.05) is 6.58 Å². The third-order valence-corrected chi connectivity index (χ3v) is 4.47. The number of rotatable bonds is 6. The van der Waals surface area contributed by atoms with Crippen molar-refractivity contribution in [1.29, 1.82) is 0 Å². The van der Waals surface area contributed by atoms with Gasteiger partial charge in [0.25, 0.3) is 0 Å². The van der Waals surface area contributed by atoms with Crippen LogP contribution in [0.25, 0.3) is 0 Å². The van der Waals surface area contributed by atoms with Gasteiger partial charge < -0.3 is 33.5 Å². The molecule has 6 atom stereocenters. The fourth-order valence-corrected chi connectivity index (χ4v) is 3.44. The number of aliphatic hydroxyl groups excluding tert-OH is 1. The van der Waals surface area contributed by atoms with E-state index >= 15 is 0 Å². The zero-order valence-corrected chi connectivity index (χ0v) is 15.9. The molecule has 3 rings (SSSR count). The maximum Gasteiger partial charge on any atom is 0.338 e. The van der Waals surface area contributed by atoms with Crippen LogP contribution in [0.5, 0.6) is 0 Å². The molecule has 0 spiro atoms. The second-order valence-electron chi connectivity index (χ2n) is 7.75. The van der Waals surface area contributed by atoms with Gasteiger partial charge in [0.05, 0.1) is 6.10 Å². The molecule has 9 heteroatoms. The molecule has 0 aromatic carbocycles. The van der Waals surface area contributed by atoms with E-state index < -0.39 is 54.4 Å². The average Bonchev–Trinajstić information content (AvgIpc) is 3.05. The molecule has 3 saturated heterocycles. The highest BCUT2D eigenvalue weighted by atomic mass is 16.9. The summed E-state index contributed by atoms with van der Waals surface area (Å²) in [4.78, 5) is 23.8. The summed E-state index contributed by atoms with van der Waals surface area (Å²) in [6.45, 7) is 9.92. The Morgan fingerprint density at radius 2 is 1.67 bits per heavy atom. The molecule has 2 unspecified atom stereocenters. The molecule has 0 saturated carbocycles. The van der Waals surface area contributed by atoms with Gasteiger partial charge in [0.1, 0.15) is 24.9 Å². The van der Waals surface area contributed by atoms with E-state index in [1.807, 2.05) is 0 Å². The molecule has 3 aliphatic rings. The van der Waals surface area contributed by atoms with E-state index in [9.17, 15) is 14.7 Å². The van der Waals surface area contributed by atoms with Crippen molar-refractivity contribution in [1.82, 2.24) is 0 Å². The molecule has 152 valence electrons. The van der Waals surface area contributed by atoms with Crippen molar-refractivity contribution in [3.05, 3.63) is 12.7 Å². The first kappa shape index (κ1) is 20.4. The van der Waals surface area contributed by atoms with E-state index in [0.717, 1.165) is 6.08 Å². The largest absolute Gasteiger partial charge is 0.461 e. The number of hydrogen-bond acceptors (Lipinski definition) is 9. The third kappa shape index (κ3) is 4.39. The Balaban J connectivity index is 1.68. The lowest BCUT2D eigenvalue weighted by Crippen LogP contribution is -2.57. The first-order valence-electron chi connectivity index (χ1n) is 8.88.